The number of esters is 1. The topological polar surface area (TPSA) is 79.2 Å². The molecule has 5 nitrogen and oxygen atoms in total. The Morgan fingerprint density at radius 3 is 2.82 bits per heavy atom. The number of amides is 1. The number of benzene rings is 1. The molecule has 0 bridgehead atoms. The zero-order chi connectivity index (χ0) is 12.8. The first-order valence-corrected chi connectivity index (χ1v) is 5.14. The van der Waals surface area contributed by atoms with Crippen LogP contribution in [0, 0.1) is 11.3 Å². The molecule has 0 aliphatic carbocycles. The van der Waals surface area contributed by atoms with E-state index >= 15 is 0 Å². The van der Waals surface area contributed by atoms with Crippen molar-refractivity contribution in [3.05, 3.63) is 28.8 Å². The van der Waals surface area contributed by atoms with Crippen LogP contribution >= 0.6 is 11.6 Å². The van der Waals surface area contributed by atoms with Gasteiger partial charge in [0.2, 0.25) is 0 Å². The number of rotatable bonds is 2. The highest BCUT2D eigenvalue weighted by Crippen LogP contribution is 2.20. The monoisotopic (exact) mass is 252 g/mol. The van der Waals surface area contributed by atoms with Crippen molar-refractivity contribution in [3.63, 3.8) is 0 Å². The molecule has 0 aliphatic rings. The lowest BCUT2D eigenvalue weighted by Crippen LogP contribution is -2.25. The predicted molar refractivity (Wildman–Crippen MR) is 61.4 cm³/mol. The molecule has 0 heterocycles. The maximum Gasteiger partial charge on any atom is 0.397 e. The van der Waals surface area contributed by atoms with Gasteiger partial charge in [0.25, 0.3) is 0 Å². The third kappa shape index (κ3) is 3.47. The number of hydrogen-bond donors (Lipinski definition) is 1. The number of halogens is 1. The van der Waals surface area contributed by atoms with Crippen molar-refractivity contribution >= 4 is 29.2 Å². The van der Waals surface area contributed by atoms with E-state index in [1.165, 1.54) is 18.2 Å². The first-order chi connectivity index (χ1) is 8.08. The van der Waals surface area contributed by atoms with E-state index in [1.54, 1.807) is 6.92 Å². The van der Waals surface area contributed by atoms with E-state index in [0.29, 0.717) is 5.02 Å². The second kappa shape index (κ2) is 5.87. The van der Waals surface area contributed by atoms with E-state index in [2.05, 4.69) is 10.1 Å². The van der Waals surface area contributed by atoms with Crippen molar-refractivity contribution in [2.24, 2.45) is 0 Å². The quantitative estimate of drug-likeness (QED) is 0.642. The minimum atomic E-state index is -1.00. The predicted octanol–water partition coefficient (Wildman–Crippen LogP) is 1.71. The van der Waals surface area contributed by atoms with Gasteiger partial charge in [-0.2, -0.15) is 5.26 Å². The third-order valence-electron chi connectivity index (χ3n) is 1.81. The number of nitrogens with zero attached hydrogens (tertiary/aromatic N) is 1. The molecule has 17 heavy (non-hydrogen) atoms. The molecule has 6 heteroatoms. The Morgan fingerprint density at radius 2 is 2.24 bits per heavy atom. The van der Waals surface area contributed by atoms with Gasteiger partial charge in [-0.15, -0.1) is 0 Å². The molecule has 0 spiro atoms. The van der Waals surface area contributed by atoms with Crippen LogP contribution in [0.1, 0.15) is 12.5 Å². The summed E-state index contributed by atoms with van der Waals surface area (Å²) < 4.78 is 4.51. The first kappa shape index (κ1) is 13.0. The third-order valence-corrected chi connectivity index (χ3v) is 2.05. The molecule has 0 aliphatic heterocycles. The highest BCUT2D eigenvalue weighted by Gasteiger charge is 2.16. The number of hydrogen-bond acceptors (Lipinski definition) is 4. The van der Waals surface area contributed by atoms with E-state index in [4.69, 9.17) is 16.9 Å². The average molecular weight is 253 g/mol. The van der Waals surface area contributed by atoms with Gasteiger partial charge in [0.15, 0.2) is 0 Å². The Balaban J connectivity index is 2.88. The zero-order valence-corrected chi connectivity index (χ0v) is 9.75. The standard InChI is InChI=1S/C11H9ClN2O3/c1-2-17-11(16)10(15)14-9-5-8(12)4-3-7(9)6-13/h3-5H,2H2,1H3,(H,14,15). The summed E-state index contributed by atoms with van der Waals surface area (Å²) in [4.78, 5) is 22.4. The zero-order valence-electron chi connectivity index (χ0n) is 8.99. The summed E-state index contributed by atoms with van der Waals surface area (Å²) in [6.45, 7) is 1.69. The van der Waals surface area contributed by atoms with Gasteiger partial charge < -0.3 is 10.1 Å². The fourth-order valence-corrected chi connectivity index (χ4v) is 1.26. The van der Waals surface area contributed by atoms with Crippen molar-refractivity contribution in [2.75, 3.05) is 11.9 Å². The van der Waals surface area contributed by atoms with E-state index in [1.807, 2.05) is 6.07 Å². The highest BCUT2D eigenvalue weighted by molar-refractivity contribution is 6.37. The van der Waals surface area contributed by atoms with Crippen LogP contribution in [0.4, 0.5) is 5.69 Å². The molecular weight excluding hydrogens is 244 g/mol. The normalized spacial score (nSPS) is 9.24. The van der Waals surface area contributed by atoms with Crippen LogP contribution in [0.2, 0.25) is 5.02 Å². The van der Waals surface area contributed by atoms with Gasteiger partial charge in [0.05, 0.1) is 17.9 Å². The lowest BCUT2D eigenvalue weighted by Gasteiger charge is -2.06. The highest BCUT2D eigenvalue weighted by atomic mass is 35.5. The lowest BCUT2D eigenvalue weighted by atomic mass is 10.2. The molecule has 0 fully saturated rings. The molecule has 0 aromatic heterocycles. The van der Waals surface area contributed by atoms with Crippen molar-refractivity contribution in [1.29, 1.82) is 5.26 Å². The van der Waals surface area contributed by atoms with E-state index < -0.39 is 11.9 Å². The van der Waals surface area contributed by atoms with Crippen LogP contribution in [-0.4, -0.2) is 18.5 Å². The molecule has 88 valence electrons. The molecule has 1 aromatic rings. The maximum absolute atomic E-state index is 11.3. The Bertz CT molecular complexity index is 494. The largest absolute Gasteiger partial charge is 0.459 e. The van der Waals surface area contributed by atoms with Crippen LogP contribution in [0.3, 0.4) is 0 Å². The van der Waals surface area contributed by atoms with Gasteiger partial charge in [0.1, 0.15) is 6.07 Å². The number of ether oxygens (including phenoxy) is 1. The molecule has 0 saturated heterocycles. The second-order valence-corrected chi connectivity index (χ2v) is 3.41. The smallest absolute Gasteiger partial charge is 0.397 e. The molecule has 0 saturated carbocycles. The Kier molecular flexibility index (Phi) is 4.49. The number of carbonyl (C=O) groups excluding carboxylic acids is 2. The van der Waals surface area contributed by atoms with Gasteiger partial charge in [-0.25, -0.2) is 4.79 Å². The van der Waals surface area contributed by atoms with Gasteiger partial charge in [-0.1, -0.05) is 11.6 Å². The Morgan fingerprint density at radius 1 is 1.53 bits per heavy atom. The second-order valence-electron chi connectivity index (χ2n) is 2.98. The van der Waals surface area contributed by atoms with E-state index in [0.717, 1.165) is 0 Å². The summed E-state index contributed by atoms with van der Waals surface area (Å²) in [5.41, 5.74) is 0.394. The van der Waals surface area contributed by atoms with Crippen LogP contribution in [0.5, 0.6) is 0 Å². The van der Waals surface area contributed by atoms with Crippen molar-refractivity contribution in [1.82, 2.24) is 0 Å². The first-order valence-electron chi connectivity index (χ1n) is 4.76. The number of anilines is 1. The fraction of sp³-hybridized carbons (Fsp3) is 0.182. The summed E-state index contributed by atoms with van der Waals surface area (Å²) >= 11 is 5.72. The van der Waals surface area contributed by atoms with Crippen LogP contribution in [0.25, 0.3) is 0 Å². The van der Waals surface area contributed by atoms with Crippen LogP contribution < -0.4 is 5.32 Å². The van der Waals surface area contributed by atoms with Crippen molar-refractivity contribution in [3.8, 4) is 6.07 Å². The average Bonchev–Trinajstić information content (AvgIpc) is 2.29. The summed E-state index contributed by atoms with van der Waals surface area (Å²) in [6, 6.07) is 6.22. The van der Waals surface area contributed by atoms with E-state index in [-0.39, 0.29) is 17.9 Å². The minimum absolute atomic E-state index is 0.104. The summed E-state index contributed by atoms with van der Waals surface area (Å²) in [5, 5.41) is 11.4. The van der Waals surface area contributed by atoms with Crippen LogP contribution in [-0.2, 0) is 14.3 Å². The lowest BCUT2D eigenvalue weighted by molar-refractivity contribution is -0.152. The molecule has 1 rings (SSSR count). The minimum Gasteiger partial charge on any atom is -0.459 e. The van der Waals surface area contributed by atoms with Gasteiger partial charge in [-0.3, -0.25) is 4.79 Å². The number of carbonyl (C=O) groups is 2. The molecule has 0 radical (unpaired) electrons. The SMILES string of the molecule is CCOC(=O)C(=O)Nc1cc(Cl)ccc1C#N. The summed E-state index contributed by atoms with van der Waals surface area (Å²) in [5.74, 6) is -1.94. The molecule has 1 amide bonds. The summed E-state index contributed by atoms with van der Waals surface area (Å²) in [7, 11) is 0. The van der Waals surface area contributed by atoms with Gasteiger partial charge >= 0.3 is 11.9 Å². The molecule has 1 N–H and O–H groups in total. The molecular formula is C11H9ClN2O3. The summed E-state index contributed by atoms with van der Waals surface area (Å²) in [6.07, 6.45) is 0. The van der Waals surface area contributed by atoms with Crippen molar-refractivity contribution in [2.45, 2.75) is 6.92 Å². The number of nitriles is 1. The Labute approximate surface area is 103 Å². The van der Waals surface area contributed by atoms with E-state index in [9.17, 15) is 9.59 Å². The molecule has 0 atom stereocenters. The Hall–Kier alpha value is -2.06. The fourth-order valence-electron chi connectivity index (χ4n) is 1.09. The maximum atomic E-state index is 11.3. The van der Waals surface area contributed by atoms with Crippen LogP contribution in [0.15, 0.2) is 18.2 Å². The van der Waals surface area contributed by atoms with Gasteiger partial charge in [-0.05, 0) is 25.1 Å². The molecule has 1 aromatic carbocycles. The molecule has 0 unspecified atom stereocenters. The van der Waals surface area contributed by atoms with Crippen molar-refractivity contribution < 1.29 is 14.3 Å². The number of nitrogens with one attached hydrogen (secondary N) is 1. The van der Waals surface area contributed by atoms with Gasteiger partial charge in [0, 0.05) is 5.02 Å².